The molecular formula is C20H20O3S. The number of sulfone groups is 1. The molecular weight excluding hydrogens is 320 g/mol. The van der Waals surface area contributed by atoms with E-state index in [1.54, 1.807) is 36.4 Å². The van der Waals surface area contributed by atoms with Crippen LogP contribution in [0.5, 0.6) is 5.75 Å². The summed E-state index contributed by atoms with van der Waals surface area (Å²) >= 11 is 0. The maximum Gasteiger partial charge on any atom is 0.210 e. The van der Waals surface area contributed by atoms with E-state index in [2.05, 4.69) is 0 Å². The van der Waals surface area contributed by atoms with Crippen LogP contribution in [0.2, 0.25) is 0 Å². The Morgan fingerprint density at radius 3 is 2.08 bits per heavy atom. The van der Waals surface area contributed by atoms with Gasteiger partial charge in [-0.1, -0.05) is 63.2 Å². The highest BCUT2D eigenvalue weighted by molar-refractivity contribution is 7.91. The van der Waals surface area contributed by atoms with Crippen molar-refractivity contribution in [2.24, 2.45) is 0 Å². The van der Waals surface area contributed by atoms with Crippen molar-refractivity contribution in [1.29, 1.82) is 0 Å². The first-order chi connectivity index (χ1) is 11.2. The van der Waals surface area contributed by atoms with Crippen molar-refractivity contribution in [3.63, 3.8) is 0 Å². The van der Waals surface area contributed by atoms with Crippen molar-refractivity contribution in [2.45, 2.75) is 36.0 Å². The Labute approximate surface area is 142 Å². The first-order valence-corrected chi connectivity index (χ1v) is 9.26. The number of rotatable bonds is 2. The molecule has 24 heavy (non-hydrogen) atoms. The van der Waals surface area contributed by atoms with E-state index in [1.165, 1.54) is 0 Å². The lowest BCUT2D eigenvalue weighted by Crippen LogP contribution is -2.14. The van der Waals surface area contributed by atoms with Gasteiger partial charge >= 0.3 is 0 Å². The zero-order chi connectivity index (χ0) is 17.5. The van der Waals surface area contributed by atoms with Gasteiger partial charge in [0.2, 0.25) is 9.84 Å². The van der Waals surface area contributed by atoms with Crippen molar-refractivity contribution in [2.75, 3.05) is 0 Å². The minimum Gasteiger partial charge on any atom is -0.506 e. The molecule has 0 heterocycles. The predicted molar refractivity (Wildman–Crippen MR) is 96.2 cm³/mol. The maximum atomic E-state index is 13.0. The third-order valence-electron chi connectivity index (χ3n) is 4.08. The van der Waals surface area contributed by atoms with E-state index in [4.69, 9.17) is 0 Å². The minimum atomic E-state index is -3.79. The van der Waals surface area contributed by atoms with Gasteiger partial charge < -0.3 is 5.11 Å². The Morgan fingerprint density at radius 2 is 1.46 bits per heavy atom. The molecule has 0 unspecified atom stereocenters. The van der Waals surface area contributed by atoms with Gasteiger partial charge in [-0.2, -0.15) is 0 Å². The zero-order valence-corrected chi connectivity index (χ0v) is 14.8. The standard InChI is InChI=1S/C20H20O3S/c1-20(2,3)18-16-12-8-7-9-14(16)13-17(19(18)21)24(22,23)15-10-5-4-6-11-15/h4-13,21H,1-3H3. The van der Waals surface area contributed by atoms with Gasteiger partial charge in [0.05, 0.1) is 4.90 Å². The van der Waals surface area contributed by atoms with Crippen molar-refractivity contribution in [3.8, 4) is 5.75 Å². The summed E-state index contributed by atoms with van der Waals surface area (Å²) < 4.78 is 26.0. The van der Waals surface area contributed by atoms with Gasteiger partial charge in [0.15, 0.2) is 0 Å². The molecule has 0 fully saturated rings. The normalized spacial score (nSPS) is 12.5. The van der Waals surface area contributed by atoms with Crippen molar-refractivity contribution in [1.82, 2.24) is 0 Å². The molecule has 0 radical (unpaired) electrons. The molecule has 124 valence electrons. The third-order valence-corrected chi connectivity index (χ3v) is 5.86. The summed E-state index contributed by atoms with van der Waals surface area (Å²) in [6.45, 7) is 5.90. The molecule has 0 saturated heterocycles. The van der Waals surface area contributed by atoms with Gasteiger partial charge in [-0.15, -0.1) is 0 Å². The van der Waals surface area contributed by atoms with Gasteiger partial charge in [0.1, 0.15) is 10.6 Å². The molecule has 0 aliphatic carbocycles. The SMILES string of the molecule is CC(C)(C)c1c(O)c(S(=O)(=O)c2ccccc2)cc2ccccc12. The molecule has 0 spiro atoms. The lowest BCUT2D eigenvalue weighted by Gasteiger charge is -2.24. The summed E-state index contributed by atoms with van der Waals surface area (Å²) in [5, 5.41) is 12.5. The second-order valence-corrected chi connectivity index (χ2v) is 8.80. The molecule has 3 nitrogen and oxygen atoms in total. The molecule has 0 aliphatic heterocycles. The predicted octanol–water partition coefficient (Wildman–Crippen LogP) is 4.68. The first-order valence-electron chi connectivity index (χ1n) is 7.78. The average molecular weight is 340 g/mol. The third kappa shape index (κ3) is 2.67. The van der Waals surface area contributed by atoms with Gasteiger partial charge in [-0.3, -0.25) is 0 Å². The summed E-state index contributed by atoms with van der Waals surface area (Å²) in [6.07, 6.45) is 0. The van der Waals surface area contributed by atoms with E-state index in [1.807, 2.05) is 45.0 Å². The van der Waals surface area contributed by atoms with Crippen LogP contribution in [0.3, 0.4) is 0 Å². The van der Waals surface area contributed by atoms with Gasteiger partial charge in [0.25, 0.3) is 0 Å². The number of phenols is 1. The first kappa shape index (κ1) is 16.5. The second kappa shape index (κ2) is 5.64. The van der Waals surface area contributed by atoms with Crippen LogP contribution in [-0.4, -0.2) is 13.5 Å². The summed E-state index contributed by atoms with van der Waals surface area (Å²) in [5.41, 5.74) is 0.251. The summed E-state index contributed by atoms with van der Waals surface area (Å²) in [5.74, 6) is -0.162. The second-order valence-electron chi connectivity index (χ2n) is 6.89. The summed E-state index contributed by atoms with van der Waals surface area (Å²) in [7, 11) is -3.79. The number of hydrogen-bond acceptors (Lipinski definition) is 3. The Bertz CT molecular complexity index is 998. The van der Waals surface area contributed by atoms with Crippen LogP contribution < -0.4 is 0 Å². The molecule has 0 bridgehead atoms. The Balaban J connectivity index is 2.41. The molecule has 0 amide bonds. The summed E-state index contributed by atoms with van der Waals surface area (Å²) in [6, 6.07) is 17.3. The van der Waals surface area contributed by atoms with Crippen LogP contribution in [0, 0.1) is 0 Å². The smallest absolute Gasteiger partial charge is 0.210 e. The van der Waals surface area contributed by atoms with Crippen LogP contribution in [-0.2, 0) is 15.3 Å². The van der Waals surface area contributed by atoms with Crippen LogP contribution in [0.4, 0.5) is 0 Å². The van der Waals surface area contributed by atoms with Crippen molar-refractivity contribution < 1.29 is 13.5 Å². The quantitative estimate of drug-likeness (QED) is 0.737. The minimum absolute atomic E-state index is 0.0441. The topological polar surface area (TPSA) is 54.4 Å². The van der Waals surface area contributed by atoms with E-state index >= 15 is 0 Å². The van der Waals surface area contributed by atoms with E-state index < -0.39 is 15.3 Å². The number of aromatic hydroxyl groups is 1. The molecule has 3 aromatic carbocycles. The Hall–Kier alpha value is -2.33. The van der Waals surface area contributed by atoms with Crippen LogP contribution in [0.15, 0.2) is 70.5 Å². The van der Waals surface area contributed by atoms with Crippen LogP contribution in [0.1, 0.15) is 26.3 Å². The van der Waals surface area contributed by atoms with Gasteiger partial charge in [-0.25, -0.2) is 8.42 Å². The zero-order valence-electron chi connectivity index (χ0n) is 13.9. The fourth-order valence-electron chi connectivity index (χ4n) is 3.00. The van der Waals surface area contributed by atoms with E-state index in [-0.39, 0.29) is 15.5 Å². The monoisotopic (exact) mass is 340 g/mol. The Kier molecular flexibility index (Phi) is 3.88. The van der Waals surface area contributed by atoms with Crippen molar-refractivity contribution >= 4 is 20.6 Å². The molecule has 0 saturated carbocycles. The molecule has 3 aromatic rings. The summed E-state index contributed by atoms with van der Waals surface area (Å²) in [4.78, 5) is 0.132. The number of hydrogen-bond donors (Lipinski definition) is 1. The van der Waals surface area contributed by atoms with Crippen molar-refractivity contribution in [3.05, 3.63) is 66.2 Å². The molecule has 1 N–H and O–H groups in total. The van der Waals surface area contributed by atoms with Gasteiger partial charge in [0, 0.05) is 5.56 Å². The lowest BCUT2D eigenvalue weighted by atomic mass is 9.83. The fourth-order valence-corrected chi connectivity index (χ4v) is 4.41. The molecule has 0 aromatic heterocycles. The van der Waals surface area contributed by atoms with Crippen LogP contribution in [0.25, 0.3) is 10.8 Å². The van der Waals surface area contributed by atoms with Crippen LogP contribution >= 0.6 is 0 Å². The molecule has 0 aliphatic rings. The Morgan fingerprint density at radius 1 is 0.875 bits per heavy atom. The average Bonchev–Trinajstić information content (AvgIpc) is 2.53. The molecule has 4 heteroatoms. The highest BCUT2D eigenvalue weighted by atomic mass is 32.2. The largest absolute Gasteiger partial charge is 0.506 e. The highest BCUT2D eigenvalue weighted by Gasteiger charge is 2.29. The van der Waals surface area contributed by atoms with Gasteiger partial charge in [-0.05, 0) is 34.4 Å². The van der Waals surface area contributed by atoms with E-state index in [0.717, 1.165) is 10.8 Å². The lowest BCUT2D eigenvalue weighted by molar-refractivity contribution is 0.434. The maximum absolute atomic E-state index is 13.0. The van der Waals surface area contributed by atoms with E-state index in [9.17, 15) is 13.5 Å². The van der Waals surface area contributed by atoms with E-state index in [0.29, 0.717) is 5.56 Å². The molecule has 0 atom stereocenters. The highest BCUT2D eigenvalue weighted by Crippen LogP contribution is 2.42. The number of fused-ring (bicyclic) bond motifs is 1. The fraction of sp³-hybridized carbons (Fsp3) is 0.200. The number of benzene rings is 3. The molecule has 3 rings (SSSR count). The number of phenolic OH excluding ortho intramolecular Hbond substituents is 1.